The summed E-state index contributed by atoms with van der Waals surface area (Å²) in [5, 5.41) is 1.01. The van der Waals surface area contributed by atoms with E-state index < -0.39 is 0 Å². The Kier molecular flexibility index (Phi) is 3.65. The molecule has 0 saturated carbocycles. The van der Waals surface area contributed by atoms with Gasteiger partial charge in [0.25, 0.3) is 0 Å². The van der Waals surface area contributed by atoms with Crippen molar-refractivity contribution in [3.05, 3.63) is 0 Å². The van der Waals surface area contributed by atoms with Crippen LogP contribution in [0.5, 0.6) is 0 Å². The summed E-state index contributed by atoms with van der Waals surface area (Å²) in [7, 11) is 0. The summed E-state index contributed by atoms with van der Waals surface area (Å²) < 4.78 is 0. The third-order valence-corrected chi connectivity index (χ3v) is 1.87. The van der Waals surface area contributed by atoms with Gasteiger partial charge in [-0.2, -0.15) is 0 Å². The van der Waals surface area contributed by atoms with Crippen LogP contribution in [0, 0.1) is 0 Å². The fourth-order valence-electron chi connectivity index (χ4n) is 0.393. The van der Waals surface area contributed by atoms with E-state index in [2.05, 4.69) is 29.8 Å². The highest BCUT2D eigenvalue weighted by Crippen LogP contribution is 2.10. The zero-order valence-electron chi connectivity index (χ0n) is 5.58. The van der Waals surface area contributed by atoms with E-state index in [1.165, 1.54) is 0 Å². The van der Waals surface area contributed by atoms with E-state index >= 15 is 0 Å². The van der Waals surface area contributed by atoms with Gasteiger partial charge in [0.05, 0.1) is 0 Å². The molecule has 0 aliphatic rings. The molecule has 0 heterocycles. The Morgan fingerprint density at radius 2 is 2.12 bits per heavy atom. The predicted molar refractivity (Wildman–Crippen MR) is 41.3 cm³/mol. The van der Waals surface area contributed by atoms with Gasteiger partial charge < -0.3 is 5.73 Å². The highest BCUT2D eigenvalue weighted by atomic mass is 79.9. The van der Waals surface area contributed by atoms with Gasteiger partial charge in [0.1, 0.15) is 0 Å². The molecule has 0 aromatic heterocycles. The Morgan fingerprint density at radius 1 is 1.62 bits per heavy atom. The maximum absolute atomic E-state index is 5.80. The first-order chi connectivity index (χ1) is 3.62. The molecule has 0 aliphatic carbocycles. The van der Waals surface area contributed by atoms with Gasteiger partial charge in [-0.3, -0.25) is 0 Å². The second kappa shape index (κ2) is 3.46. The Morgan fingerprint density at radius 3 is 2.25 bits per heavy atom. The first-order valence-corrected chi connectivity index (χ1v) is 4.09. The van der Waals surface area contributed by atoms with E-state index in [0.717, 1.165) is 18.2 Å². The van der Waals surface area contributed by atoms with Crippen LogP contribution >= 0.6 is 15.9 Å². The zero-order valence-corrected chi connectivity index (χ0v) is 7.16. The topological polar surface area (TPSA) is 26.0 Å². The second-order valence-corrected chi connectivity index (χ2v) is 3.24. The lowest BCUT2D eigenvalue weighted by atomic mass is 9.98. The lowest BCUT2D eigenvalue weighted by molar-refractivity contribution is 0.442. The quantitative estimate of drug-likeness (QED) is 0.659. The Balaban J connectivity index is 3.37. The van der Waals surface area contributed by atoms with Crippen LogP contribution in [0.3, 0.4) is 0 Å². The van der Waals surface area contributed by atoms with Crippen LogP contribution in [0.4, 0.5) is 0 Å². The Labute approximate surface area is 59.8 Å². The maximum atomic E-state index is 5.80. The molecule has 1 atom stereocenters. The van der Waals surface area contributed by atoms with E-state index in [0.29, 0.717) is 0 Å². The van der Waals surface area contributed by atoms with E-state index in [-0.39, 0.29) is 5.54 Å². The third-order valence-electron chi connectivity index (χ3n) is 1.47. The normalized spacial score (nSPS) is 18.0. The molecule has 0 spiro atoms. The van der Waals surface area contributed by atoms with Crippen molar-refractivity contribution in [1.82, 2.24) is 0 Å². The molecule has 2 N–H and O–H groups in total. The van der Waals surface area contributed by atoms with E-state index in [1.807, 2.05) is 0 Å². The van der Waals surface area contributed by atoms with Gasteiger partial charge in [-0.1, -0.05) is 22.9 Å². The summed E-state index contributed by atoms with van der Waals surface area (Å²) >= 11 is 3.35. The van der Waals surface area contributed by atoms with Crippen molar-refractivity contribution in [1.29, 1.82) is 0 Å². The molecule has 0 fully saturated rings. The van der Waals surface area contributed by atoms with Crippen LogP contribution in [0.2, 0.25) is 0 Å². The molecular weight excluding hydrogens is 166 g/mol. The molecule has 0 radical (unpaired) electrons. The second-order valence-electron chi connectivity index (χ2n) is 2.45. The first kappa shape index (κ1) is 8.44. The average molecular weight is 180 g/mol. The molecule has 0 rings (SSSR count). The van der Waals surface area contributed by atoms with Crippen LogP contribution in [-0.4, -0.2) is 10.9 Å². The molecular formula is C6H14BrN. The van der Waals surface area contributed by atoms with Crippen molar-refractivity contribution in [2.75, 3.05) is 5.33 Å². The number of hydrogen-bond donors (Lipinski definition) is 1. The summed E-state index contributed by atoms with van der Waals surface area (Å²) in [4.78, 5) is 0. The summed E-state index contributed by atoms with van der Waals surface area (Å²) in [5.41, 5.74) is 5.84. The molecule has 0 saturated heterocycles. The van der Waals surface area contributed by atoms with Crippen LogP contribution in [0.1, 0.15) is 26.7 Å². The van der Waals surface area contributed by atoms with Gasteiger partial charge in [-0.25, -0.2) is 0 Å². The number of hydrogen-bond acceptors (Lipinski definition) is 1. The minimum Gasteiger partial charge on any atom is -0.325 e. The zero-order chi connectivity index (χ0) is 6.62. The van der Waals surface area contributed by atoms with Crippen molar-refractivity contribution >= 4 is 15.9 Å². The predicted octanol–water partition coefficient (Wildman–Crippen LogP) is 1.90. The van der Waals surface area contributed by atoms with E-state index in [9.17, 15) is 0 Å². The van der Waals surface area contributed by atoms with Gasteiger partial charge in [0.15, 0.2) is 0 Å². The molecule has 0 aromatic carbocycles. The molecule has 1 unspecified atom stereocenters. The molecule has 0 aromatic rings. The van der Waals surface area contributed by atoms with Crippen LogP contribution < -0.4 is 5.73 Å². The van der Waals surface area contributed by atoms with E-state index in [4.69, 9.17) is 5.73 Å². The molecule has 8 heavy (non-hydrogen) atoms. The molecule has 0 amide bonds. The van der Waals surface area contributed by atoms with E-state index in [1.54, 1.807) is 0 Å². The van der Waals surface area contributed by atoms with Crippen LogP contribution in [0.15, 0.2) is 0 Å². The summed E-state index contributed by atoms with van der Waals surface area (Å²) in [5.74, 6) is 0. The molecule has 50 valence electrons. The molecule has 0 aliphatic heterocycles. The van der Waals surface area contributed by atoms with Crippen molar-refractivity contribution in [2.24, 2.45) is 5.73 Å². The average Bonchev–Trinajstić information content (AvgIpc) is 1.67. The van der Waals surface area contributed by atoms with Crippen molar-refractivity contribution in [2.45, 2.75) is 32.2 Å². The number of halogens is 1. The Bertz CT molecular complexity index is 61.5. The van der Waals surface area contributed by atoms with Crippen LogP contribution in [-0.2, 0) is 0 Å². The summed E-state index contributed by atoms with van der Waals surface area (Å²) in [6.45, 7) is 4.19. The molecule has 0 bridgehead atoms. The highest BCUT2D eigenvalue weighted by Gasteiger charge is 2.12. The molecule has 1 nitrogen and oxygen atoms in total. The lowest BCUT2D eigenvalue weighted by Gasteiger charge is -2.20. The van der Waals surface area contributed by atoms with Gasteiger partial charge in [0, 0.05) is 10.9 Å². The van der Waals surface area contributed by atoms with Gasteiger partial charge in [0.2, 0.25) is 0 Å². The Hall–Kier alpha value is 0.440. The maximum Gasteiger partial charge on any atom is 0.0131 e. The van der Waals surface area contributed by atoms with Crippen molar-refractivity contribution in [3.63, 3.8) is 0 Å². The van der Waals surface area contributed by atoms with Gasteiger partial charge in [-0.15, -0.1) is 0 Å². The number of nitrogens with two attached hydrogens (primary N) is 1. The largest absolute Gasteiger partial charge is 0.325 e. The fourth-order valence-corrected chi connectivity index (χ4v) is 1.30. The molecule has 2 heteroatoms. The minimum absolute atomic E-state index is 0.0451. The minimum atomic E-state index is 0.0451. The fraction of sp³-hybridized carbons (Fsp3) is 1.00. The highest BCUT2D eigenvalue weighted by molar-refractivity contribution is 9.09. The van der Waals surface area contributed by atoms with Gasteiger partial charge in [-0.05, 0) is 19.8 Å². The smallest absolute Gasteiger partial charge is 0.0131 e. The first-order valence-electron chi connectivity index (χ1n) is 2.97. The third kappa shape index (κ3) is 3.44. The number of alkyl halides is 1. The van der Waals surface area contributed by atoms with Gasteiger partial charge >= 0.3 is 0 Å². The van der Waals surface area contributed by atoms with Crippen molar-refractivity contribution in [3.8, 4) is 0 Å². The summed E-state index contributed by atoms with van der Waals surface area (Å²) in [6.07, 6.45) is 2.11. The summed E-state index contributed by atoms with van der Waals surface area (Å²) in [6, 6.07) is 0. The SMILES string of the molecule is CCC(C)(N)CCBr. The van der Waals surface area contributed by atoms with Crippen molar-refractivity contribution < 1.29 is 0 Å². The van der Waals surface area contributed by atoms with Crippen LogP contribution in [0.25, 0.3) is 0 Å². The standard InChI is InChI=1S/C6H14BrN/c1-3-6(2,8)4-5-7/h3-5,8H2,1-2H3. The lowest BCUT2D eigenvalue weighted by Crippen LogP contribution is -2.35. The number of rotatable bonds is 3. The monoisotopic (exact) mass is 179 g/mol.